The molecule has 16 heavy (non-hydrogen) atoms. The van der Waals surface area contributed by atoms with Crippen molar-refractivity contribution in [3.8, 4) is 0 Å². The van der Waals surface area contributed by atoms with Crippen LogP contribution in [0.15, 0.2) is 24.5 Å². The molecule has 1 amide bonds. The maximum absolute atomic E-state index is 12.2. The molecule has 0 saturated carbocycles. The summed E-state index contributed by atoms with van der Waals surface area (Å²) in [6.45, 7) is 4.34. The van der Waals surface area contributed by atoms with Crippen LogP contribution in [0.3, 0.4) is 0 Å². The highest BCUT2D eigenvalue weighted by Crippen LogP contribution is 2.29. The number of carbonyl (C=O) groups excluding carboxylic acids is 1. The van der Waals surface area contributed by atoms with Crippen molar-refractivity contribution < 1.29 is 9.90 Å². The van der Waals surface area contributed by atoms with Crippen molar-refractivity contribution in [3.05, 3.63) is 30.1 Å². The molecule has 0 radical (unpaired) electrons. The van der Waals surface area contributed by atoms with E-state index in [0.717, 1.165) is 0 Å². The summed E-state index contributed by atoms with van der Waals surface area (Å²) >= 11 is 0. The second-order valence-corrected chi connectivity index (χ2v) is 4.83. The standard InChI is InChI=1S/C12H16N2O2/c1-12(2)6-10(15)8-14(12)11(16)9-4-3-5-13-7-9/h3-5,7,10,15H,6,8H2,1-2H3. The molecule has 0 bridgehead atoms. The van der Waals surface area contributed by atoms with Crippen molar-refractivity contribution in [1.82, 2.24) is 9.88 Å². The highest BCUT2D eigenvalue weighted by atomic mass is 16.3. The van der Waals surface area contributed by atoms with Gasteiger partial charge in [0.1, 0.15) is 0 Å². The number of likely N-dealkylation sites (tertiary alicyclic amines) is 1. The van der Waals surface area contributed by atoms with Crippen molar-refractivity contribution >= 4 is 5.91 Å². The number of nitrogens with zero attached hydrogens (tertiary/aromatic N) is 2. The van der Waals surface area contributed by atoms with Crippen molar-refractivity contribution in [3.63, 3.8) is 0 Å². The van der Waals surface area contributed by atoms with E-state index in [0.29, 0.717) is 18.5 Å². The van der Waals surface area contributed by atoms with E-state index in [9.17, 15) is 9.90 Å². The van der Waals surface area contributed by atoms with Gasteiger partial charge in [-0.1, -0.05) is 0 Å². The Balaban J connectivity index is 2.23. The lowest BCUT2D eigenvalue weighted by Gasteiger charge is -2.31. The monoisotopic (exact) mass is 220 g/mol. The number of β-amino-alcohol motifs (C(OH)–C–C–N with tert-alkyl or cyclic N) is 1. The Morgan fingerprint density at radius 3 is 2.88 bits per heavy atom. The minimum Gasteiger partial charge on any atom is -0.391 e. The summed E-state index contributed by atoms with van der Waals surface area (Å²) in [5.41, 5.74) is 0.288. The SMILES string of the molecule is CC1(C)CC(O)CN1C(=O)c1cccnc1. The van der Waals surface area contributed by atoms with Gasteiger partial charge in [0.05, 0.1) is 11.7 Å². The van der Waals surface area contributed by atoms with Gasteiger partial charge in [-0.05, 0) is 32.4 Å². The van der Waals surface area contributed by atoms with Crippen molar-refractivity contribution in [2.45, 2.75) is 31.9 Å². The van der Waals surface area contributed by atoms with Gasteiger partial charge >= 0.3 is 0 Å². The molecule has 1 atom stereocenters. The Labute approximate surface area is 94.9 Å². The van der Waals surface area contributed by atoms with E-state index >= 15 is 0 Å². The summed E-state index contributed by atoms with van der Waals surface area (Å²) in [5, 5.41) is 9.62. The quantitative estimate of drug-likeness (QED) is 0.770. The van der Waals surface area contributed by atoms with Crippen LogP contribution in [0.25, 0.3) is 0 Å². The van der Waals surface area contributed by atoms with Gasteiger partial charge in [0, 0.05) is 24.5 Å². The van der Waals surface area contributed by atoms with Crippen LogP contribution >= 0.6 is 0 Å². The molecule has 1 fully saturated rings. The van der Waals surface area contributed by atoms with Gasteiger partial charge in [0.25, 0.3) is 5.91 Å². The number of carbonyl (C=O) groups is 1. The van der Waals surface area contributed by atoms with Crippen LogP contribution in [0.1, 0.15) is 30.6 Å². The molecule has 1 unspecified atom stereocenters. The fourth-order valence-corrected chi connectivity index (χ4v) is 2.21. The number of amides is 1. The third kappa shape index (κ3) is 1.93. The molecule has 1 saturated heterocycles. The molecular weight excluding hydrogens is 204 g/mol. The van der Waals surface area contributed by atoms with Crippen LogP contribution in [0.5, 0.6) is 0 Å². The lowest BCUT2D eigenvalue weighted by Crippen LogP contribution is -2.42. The summed E-state index contributed by atoms with van der Waals surface area (Å²) in [6, 6.07) is 3.49. The lowest BCUT2D eigenvalue weighted by molar-refractivity contribution is 0.0641. The average Bonchev–Trinajstić information content (AvgIpc) is 2.52. The Kier molecular flexibility index (Phi) is 2.68. The van der Waals surface area contributed by atoms with Crippen LogP contribution in [-0.2, 0) is 0 Å². The van der Waals surface area contributed by atoms with E-state index in [1.165, 1.54) is 0 Å². The second kappa shape index (κ2) is 3.87. The highest BCUT2D eigenvalue weighted by Gasteiger charge is 2.40. The molecule has 0 aromatic carbocycles. The molecule has 1 N–H and O–H groups in total. The largest absolute Gasteiger partial charge is 0.391 e. The fourth-order valence-electron chi connectivity index (χ4n) is 2.21. The van der Waals surface area contributed by atoms with E-state index in [-0.39, 0.29) is 11.4 Å². The van der Waals surface area contributed by atoms with E-state index in [2.05, 4.69) is 4.98 Å². The lowest BCUT2D eigenvalue weighted by atomic mass is 10.0. The molecule has 1 aliphatic heterocycles. The first-order chi connectivity index (χ1) is 7.50. The number of hydrogen-bond donors (Lipinski definition) is 1. The number of rotatable bonds is 1. The summed E-state index contributed by atoms with van der Waals surface area (Å²) in [6.07, 6.45) is 3.40. The maximum Gasteiger partial charge on any atom is 0.255 e. The third-order valence-electron chi connectivity index (χ3n) is 3.01. The zero-order chi connectivity index (χ0) is 11.8. The van der Waals surface area contributed by atoms with Gasteiger partial charge in [0.2, 0.25) is 0 Å². The van der Waals surface area contributed by atoms with Crippen LogP contribution in [0, 0.1) is 0 Å². The number of aliphatic hydroxyl groups excluding tert-OH is 1. The predicted molar refractivity (Wildman–Crippen MR) is 60.0 cm³/mol. The minimum absolute atomic E-state index is 0.0605. The zero-order valence-corrected chi connectivity index (χ0v) is 9.55. The van der Waals surface area contributed by atoms with Crippen LogP contribution < -0.4 is 0 Å². The summed E-state index contributed by atoms with van der Waals surface area (Å²) in [4.78, 5) is 17.8. The number of aromatic nitrogens is 1. The normalized spacial score (nSPS) is 23.4. The number of pyridine rings is 1. The van der Waals surface area contributed by atoms with Crippen molar-refractivity contribution in [1.29, 1.82) is 0 Å². The Morgan fingerprint density at radius 2 is 2.38 bits per heavy atom. The molecule has 1 aromatic rings. The molecule has 1 aliphatic rings. The molecule has 4 heteroatoms. The van der Waals surface area contributed by atoms with E-state index in [4.69, 9.17) is 0 Å². The Morgan fingerprint density at radius 1 is 1.62 bits per heavy atom. The van der Waals surface area contributed by atoms with Gasteiger partial charge in [-0.15, -0.1) is 0 Å². The van der Waals surface area contributed by atoms with Gasteiger partial charge in [-0.2, -0.15) is 0 Å². The zero-order valence-electron chi connectivity index (χ0n) is 9.55. The van der Waals surface area contributed by atoms with E-state index in [1.54, 1.807) is 29.4 Å². The van der Waals surface area contributed by atoms with Gasteiger partial charge < -0.3 is 10.0 Å². The minimum atomic E-state index is -0.421. The molecule has 1 aromatic heterocycles. The fraction of sp³-hybridized carbons (Fsp3) is 0.500. The molecule has 0 aliphatic carbocycles. The first kappa shape index (κ1) is 11.1. The molecular formula is C12H16N2O2. The molecule has 2 rings (SSSR count). The topological polar surface area (TPSA) is 53.4 Å². The van der Waals surface area contributed by atoms with Crippen molar-refractivity contribution in [2.75, 3.05) is 6.54 Å². The van der Waals surface area contributed by atoms with Crippen LogP contribution in [0.4, 0.5) is 0 Å². The molecule has 0 spiro atoms. The highest BCUT2D eigenvalue weighted by molar-refractivity contribution is 5.94. The second-order valence-electron chi connectivity index (χ2n) is 4.83. The molecule has 4 nitrogen and oxygen atoms in total. The predicted octanol–water partition coefficient (Wildman–Crippen LogP) is 1.07. The smallest absolute Gasteiger partial charge is 0.255 e. The molecule has 86 valence electrons. The summed E-state index contributed by atoms with van der Waals surface area (Å²) < 4.78 is 0. The van der Waals surface area contributed by atoms with Gasteiger partial charge in [-0.25, -0.2) is 0 Å². The number of hydrogen-bond acceptors (Lipinski definition) is 3. The van der Waals surface area contributed by atoms with Crippen LogP contribution in [-0.4, -0.2) is 39.1 Å². The van der Waals surface area contributed by atoms with Crippen molar-refractivity contribution in [2.24, 2.45) is 0 Å². The van der Waals surface area contributed by atoms with E-state index < -0.39 is 6.10 Å². The summed E-state index contributed by atoms with van der Waals surface area (Å²) in [5.74, 6) is -0.0605. The Bertz CT molecular complexity index is 389. The summed E-state index contributed by atoms with van der Waals surface area (Å²) in [7, 11) is 0. The average molecular weight is 220 g/mol. The first-order valence-electron chi connectivity index (χ1n) is 5.41. The maximum atomic E-state index is 12.2. The number of aliphatic hydroxyl groups is 1. The molecule has 2 heterocycles. The third-order valence-corrected chi connectivity index (χ3v) is 3.01. The van der Waals surface area contributed by atoms with Gasteiger partial charge in [-0.3, -0.25) is 9.78 Å². The Hall–Kier alpha value is -1.42. The van der Waals surface area contributed by atoms with E-state index in [1.807, 2.05) is 13.8 Å². The first-order valence-corrected chi connectivity index (χ1v) is 5.41. The van der Waals surface area contributed by atoms with Crippen LogP contribution in [0.2, 0.25) is 0 Å². The van der Waals surface area contributed by atoms with Gasteiger partial charge in [0.15, 0.2) is 0 Å².